The smallest absolute Gasteiger partial charge is 0.254 e. The third-order valence-corrected chi connectivity index (χ3v) is 2.74. The second-order valence-corrected chi connectivity index (χ2v) is 4.23. The second kappa shape index (κ2) is 5.83. The van der Waals surface area contributed by atoms with Crippen LogP contribution in [-0.2, 0) is 13.0 Å². The Bertz CT molecular complexity index is 598. The van der Waals surface area contributed by atoms with Gasteiger partial charge in [-0.1, -0.05) is 0 Å². The first-order valence-electron chi connectivity index (χ1n) is 5.90. The molecule has 0 saturated carbocycles. The second-order valence-electron chi connectivity index (χ2n) is 4.23. The Labute approximate surface area is 111 Å². The molecule has 2 aromatic heterocycles. The van der Waals surface area contributed by atoms with Crippen LogP contribution in [0.25, 0.3) is 0 Å². The summed E-state index contributed by atoms with van der Waals surface area (Å²) >= 11 is 0. The van der Waals surface area contributed by atoms with Gasteiger partial charge in [0, 0.05) is 30.7 Å². The molecule has 0 atom stereocenters. The lowest BCUT2D eigenvalue weighted by Crippen LogP contribution is -2.26. The highest BCUT2D eigenvalue weighted by molar-refractivity contribution is 5.94. The van der Waals surface area contributed by atoms with Crippen LogP contribution in [0.1, 0.15) is 21.7 Å². The first-order valence-corrected chi connectivity index (χ1v) is 5.90. The Morgan fingerprint density at radius 1 is 1.53 bits per heavy atom. The van der Waals surface area contributed by atoms with E-state index in [4.69, 9.17) is 5.26 Å². The summed E-state index contributed by atoms with van der Waals surface area (Å²) in [4.78, 5) is 21.0. The van der Waals surface area contributed by atoms with Crippen LogP contribution >= 0.6 is 0 Å². The molecule has 0 radical (unpaired) electrons. The van der Waals surface area contributed by atoms with Crippen molar-refractivity contribution >= 4 is 5.91 Å². The molecule has 0 aromatic carbocycles. The van der Waals surface area contributed by atoms with Gasteiger partial charge >= 0.3 is 0 Å². The number of hydrogen-bond donors (Lipinski definition) is 1. The molecule has 2 aromatic rings. The molecule has 1 amide bonds. The molecule has 0 aliphatic rings. The Balaban J connectivity index is 2.10. The number of nitrogens with one attached hydrogen (secondary N) is 1. The van der Waals surface area contributed by atoms with Gasteiger partial charge in [-0.25, -0.2) is 0 Å². The molecule has 2 heterocycles. The molecule has 5 nitrogen and oxygen atoms in total. The fourth-order valence-electron chi connectivity index (χ4n) is 1.80. The van der Waals surface area contributed by atoms with Crippen LogP contribution in [0.4, 0.5) is 0 Å². The van der Waals surface area contributed by atoms with Crippen LogP contribution in [0, 0.1) is 11.3 Å². The maximum atomic E-state index is 12.2. The molecular formula is C14H14N4O. The van der Waals surface area contributed by atoms with E-state index in [1.54, 1.807) is 30.3 Å². The number of H-pyrrole nitrogens is 1. The zero-order valence-electron chi connectivity index (χ0n) is 10.6. The van der Waals surface area contributed by atoms with Crippen LogP contribution in [0.15, 0.2) is 36.7 Å². The lowest BCUT2D eigenvalue weighted by atomic mass is 10.2. The maximum Gasteiger partial charge on any atom is 0.254 e. The number of amides is 1. The average Bonchev–Trinajstić information content (AvgIpc) is 2.91. The number of aromatic amines is 1. The minimum Gasteiger partial charge on any atom is -0.364 e. The van der Waals surface area contributed by atoms with E-state index in [0.29, 0.717) is 17.8 Å². The van der Waals surface area contributed by atoms with Crippen molar-refractivity contribution in [2.24, 2.45) is 0 Å². The van der Waals surface area contributed by atoms with Gasteiger partial charge in [-0.05, 0) is 24.3 Å². The summed E-state index contributed by atoms with van der Waals surface area (Å²) < 4.78 is 0. The Morgan fingerprint density at radius 3 is 3.05 bits per heavy atom. The van der Waals surface area contributed by atoms with Crippen LogP contribution in [-0.4, -0.2) is 27.8 Å². The Kier molecular flexibility index (Phi) is 3.94. The molecule has 2 rings (SSSR count). The van der Waals surface area contributed by atoms with E-state index in [1.807, 2.05) is 24.4 Å². The highest BCUT2D eigenvalue weighted by atomic mass is 16.2. The van der Waals surface area contributed by atoms with E-state index >= 15 is 0 Å². The lowest BCUT2D eigenvalue weighted by molar-refractivity contribution is 0.0783. The molecule has 0 unspecified atom stereocenters. The Hall–Kier alpha value is -2.61. The number of pyridine rings is 1. The van der Waals surface area contributed by atoms with Gasteiger partial charge in [-0.15, -0.1) is 0 Å². The van der Waals surface area contributed by atoms with E-state index in [2.05, 4.69) is 9.97 Å². The molecule has 0 saturated heterocycles. The minimum atomic E-state index is -0.0869. The molecule has 1 N–H and O–H groups in total. The molecule has 5 heteroatoms. The summed E-state index contributed by atoms with van der Waals surface area (Å²) in [6.07, 6.45) is 3.59. The number of aromatic nitrogens is 2. The monoisotopic (exact) mass is 254 g/mol. The van der Waals surface area contributed by atoms with Gasteiger partial charge in [0.25, 0.3) is 5.91 Å². The standard InChI is InChI=1S/C14H14N4O/c1-18(10-13-3-2-7-16-13)14(19)11-5-8-17-12(9-11)4-6-15/h2-3,5,7-9,16H,4,10H2,1H3. The highest BCUT2D eigenvalue weighted by Gasteiger charge is 2.13. The molecule has 0 aliphatic heterocycles. The van der Waals surface area contributed by atoms with Crippen molar-refractivity contribution in [3.8, 4) is 6.07 Å². The van der Waals surface area contributed by atoms with Crippen molar-refractivity contribution in [3.05, 3.63) is 53.6 Å². The molecule has 96 valence electrons. The predicted octanol–water partition coefficient (Wildman–Crippen LogP) is 1.75. The van der Waals surface area contributed by atoms with E-state index in [1.165, 1.54) is 0 Å². The zero-order valence-corrected chi connectivity index (χ0v) is 10.6. The van der Waals surface area contributed by atoms with Crippen molar-refractivity contribution in [1.29, 1.82) is 5.26 Å². The number of hydrogen-bond acceptors (Lipinski definition) is 3. The number of carbonyl (C=O) groups is 1. The normalized spacial score (nSPS) is 9.89. The van der Waals surface area contributed by atoms with Crippen LogP contribution in [0.3, 0.4) is 0 Å². The van der Waals surface area contributed by atoms with Crippen molar-refractivity contribution < 1.29 is 4.79 Å². The minimum absolute atomic E-state index is 0.0869. The summed E-state index contributed by atoms with van der Waals surface area (Å²) in [5, 5.41) is 8.64. The first kappa shape index (κ1) is 12.8. The first-order chi connectivity index (χ1) is 9.20. The van der Waals surface area contributed by atoms with E-state index in [-0.39, 0.29) is 12.3 Å². The van der Waals surface area contributed by atoms with E-state index in [0.717, 1.165) is 5.69 Å². The summed E-state index contributed by atoms with van der Waals surface area (Å²) in [5.41, 5.74) is 2.14. The molecular weight excluding hydrogens is 240 g/mol. The van der Waals surface area contributed by atoms with Crippen molar-refractivity contribution in [3.63, 3.8) is 0 Å². The van der Waals surface area contributed by atoms with Gasteiger partial charge in [-0.3, -0.25) is 9.78 Å². The third kappa shape index (κ3) is 3.19. The van der Waals surface area contributed by atoms with Gasteiger partial charge in [0.15, 0.2) is 0 Å². The largest absolute Gasteiger partial charge is 0.364 e. The van der Waals surface area contributed by atoms with Gasteiger partial charge in [0.1, 0.15) is 0 Å². The van der Waals surface area contributed by atoms with Crippen molar-refractivity contribution in [2.75, 3.05) is 7.05 Å². The third-order valence-electron chi connectivity index (χ3n) is 2.74. The van der Waals surface area contributed by atoms with Gasteiger partial charge in [0.2, 0.25) is 0 Å². The fraction of sp³-hybridized carbons (Fsp3) is 0.214. The van der Waals surface area contributed by atoms with Crippen LogP contribution in [0.2, 0.25) is 0 Å². The number of nitrogens with zero attached hydrogens (tertiary/aromatic N) is 3. The summed E-state index contributed by atoms with van der Waals surface area (Å²) in [7, 11) is 1.74. The quantitative estimate of drug-likeness (QED) is 0.903. The average molecular weight is 254 g/mol. The molecule has 0 bridgehead atoms. The maximum absolute atomic E-state index is 12.2. The number of rotatable bonds is 4. The van der Waals surface area contributed by atoms with E-state index in [9.17, 15) is 4.79 Å². The zero-order chi connectivity index (χ0) is 13.7. The topological polar surface area (TPSA) is 72.8 Å². The summed E-state index contributed by atoms with van der Waals surface area (Å²) in [5.74, 6) is -0.0869. The predicted molar refractivity (Wildman–Crippen MR) is 70.1 cm³/mol. The van der Waals surface area contributed by atoms with Gasteiger partial charge in [0.05, 0.1) is 24.7 Å². The molecule has 0 spiro atoms. The highest BCUT2D eigenvalue weighted by Crippen LogP contribution is 2.08. The number of carbonyl (C=O) groups excluding carboxylic acids is 1. The summed E-state index contributed by atoms with van der Waals surface area (Å²) in [6, 6.07) is 9.17. The molecule has 0 aliphatic carbocycles. The Morgan fingerprint density at radius 2 is 2.37 bits per heavy atom. The van der Waals surface area contributed by atoms with Gasteiger partial charge in [-0.2, -0.15) is 5.26 Å². The molecule has 0 fully saturated rings. The summed E-state index contributed by atoms with van der Waals surface area (Å²) in [6.45, 7) is 0.516. The lowest BCUT2D eigenvalue weighted by Gasteiger charge is -2.16. The van der Waals surface area contributed by atoms with Gasteiger partial charge < -0.3 is 9.88 Å². The van der Waals surface area contributed by atoms with Crippen LogP contribution in [0.5, 0.6) is 0 Å². The number of nitriles is 1. The SMILES string of the molecule is CN(Cc1ccc[nH]1)C(=O)c1ccnc(CC#N)c1. The van der Waals surface area contributed by atoms with Crippen molar-refractivity contribution in [1.82, 2.24) is 14.9 Å². The van der Waals surface area contributed by atoms with Crippen molar-refractivity contribution in [2.45, 2.75) is 13.0 Å². The van der Waals surface area contributed by atoms with E-state index < -0.39 is 0 Å². The molecule has 19 heavy (non-hydrogen) atoms. The van der Waals surface area contributed by atoms with Crippen LogP contribution < -0.4 is 0 Å². The fourth-order valence-corrected chi connectivity index (χ4v) is 1.80.